The molecule has 0 radical (unpaired) electrons. The highest BCUT2D eigenvalue weighted by molar-refractivity contribution is 7.99. The minimum absolute atomic E-state index is 0.172. The van der Waals surface area contributed by atoms with Crippen molar-refractivity contribution < 1.29 is 14.3 Å². The van der Waals surface area contributed by atoms with Gasteiger partial charge in [-0.15, -0.1) is 11.8 Å². The predicted octanol–water partition coefficient (Wildman–Crippen LogP) is 6.05. The summed E-state index contributed by atoms with van der Waals surface area (Å²) in [5.74, 6) is 0.892. The molecule has 0 spiro atoms. The lowest BCUT2D eigenvalue weighted by Crippen LogP contribution is -2.34. The van der Waals surface area contributed by atoms with Crippen molar-refractivity contribution in [2.45, 2.75) is 43.7 Å². The topological polar surface area (TPSA) is 79.5 Å². The Balaban J connectivity index is 1.71. The second-order valence-electron chi connectivity index (χ2n) is 7.65. The van der Waals surface area contributed by atoms with Crippen LogP contribution >= 0.6 is 23.4 Å². The molecule has 0 saturated heterocycles. The molecule has 2 aromatic rings. The first kappa shape index (κ1) is 21.3. The molecule has 3 amide bonds. The van der Waals surface area contributed by atoms with Gasteiger partial charge in [-0.3, -0.25) is 5.32 Å². The van der Waals surface area contributed by atoms with E-state index < -0.39 is 11.7 Å². The van der Waals surface area contributed by atoms with E-state index in [-0.39, 0.29) is 12.1 Å². The first-order valence-corrected chi connectivity index (χ1v) is 10.7. The van der Waals surface area contributed by atoms with E-state index in [1.165, 1.54) is 0 Å². The zero-order valence-corrected chi connectivity index (χ0v) is 18.1. The first-order chi connectivity index (χ1) is 13.7. The molecule has 3 N–H and O–H groups in total. The van der Waals surface area contributed by atoms with Gasteiger partial charge in [-0.2, -0.15) is 0 Å². The Morgan fingerprint density at radius 3 is 2.62 bits per heavy atom. The molecule has 0 bridgehead atoms. The number of fused-ring (bicyclic) bond motifs is 1. The second-order valence-corrected chi connectivity index (χ2v) is 9.19. The summed E-state index contributed by atoms with van der Waals surface area (Å²) in [7, 11) is 0. The highest BCUT2D eigenvalue weighted by Gasteiger charge is 2.24. The van der Waals surface area contributed by atoms with E-state index in [2.05, 4.69) is 16.0 Å². The summed E-state index contributed by atoms with van der Waals surface area (Å²) in [6, 6.07) is 12.2. The van der Waals surface area contributed by atoms with Crippen molar-refractivity contribution in [1.82, 2.24) is 5.32 Å². The molecule has 0 saturated carbocycles. The zero-order valence-electron chi connectivity index (χ0n) is 16.5. The minimum atomic E-state index is -0.574. The molecule has 8 heteroatoms. The number of hydrogen-bond donors (Lipinski definition) is 3. The molecule has 0 unspecified atom stereocenters. The van der Waals surface area contributed by atoms with Gasteiger partial charge >= 0.3 is 12.1 Å². The molecule has 6 nitrogen and oxygen atoms in total. The first-order valence-electron chi connectivity index (χ1n) is 9.30. The van der Waals surface area contributed by atoms with Gasteiger partial charge in [0.05, 0.1) is 16.8 Å². The predicted molar refractivity (Wildman–Crippen MR) is 118 cm³/mol. The van der Waals surface area contributed by atoms with Crippen LogP contribution in [-0.4, -0.2) is 23.5 Å². The van der Waals surface area contributed by atoms with E-state index in [0.717, 1.165) is 22.6 Å². The molecule has 0 aliphatic carbocycles. The summed E-state index contributed by atoms with van der Waals surface area (Å²) in [6.07, 6.45) is 0.269. The maximum absolute atomic E-state index is 12.5. The molecular formula is C21H24ClN3O3S. The molecular weight excluding hydrogens is 410 g/mol. The van der Waals surface area contributed by atoms with Crippen molar-refractivity contribution in [3.8, 4) is 0 Å². The van der Waals surface area contributed by atoms with Crippen molar-refractivity contribution in [3.63, 3.8) is 0 Å². The summed E-state index contributed by atoms with van der Waals surface area (Å²) in [6.45, 7) is 5.44. The van der Waals surface area contributed by atoms with Crippen LogP contribution in [0.15, 0.2) is 47.4 Å². The SMILES string of the molecule is CC(C)(C)OC(=O)Nc1ccc2c(c1)[C@H](NC(=O)Nc1ccccc1Cl)CCS2. The van der Waals surface area contributed by atoms with Crippen LogP contribution in [0.1, 0.15) is 38.8 Å². The van der Waals surface area contributed by atoms with E-state index >= 15 is 0 Å². The van der Waals surface area contributed by atoms with Gasteiger partial charge in [0.2, 0.25) is 0 Å². The molecule has 2 aromatic carbocycles. The van der Waals surface area contributed by atoms with Crippen LogP contribution < -0.4 is 16.0 Å². The Morgan fingerprint density at radius 2 is 1.90 bits per heavy atom. The molecule has 1 aliphatic heterocycles. The molecule has 1 aliphatic rings. The van der Waals surface area contributed by atoms with Crippen molar-refractivity contribution in [2.75, 3.05) is 16.4 Å². The smallest absolute Gasteiger partial charge is 0.412 e. The average Bonchev–Trinajstić information content (AvgIpc) is 2.62. The fourth-order valence-electron chi connectivity index (χ4n) is 2.92. The van der Waals surface area contributed by atoms with Gasteiger partial charge in [-0.05, 0) is 63.1 Å². The molecule has 0 aromatic heterocycles. The quantitative estimate of drug-likeness (QED) is 0.550. The van der Waals surface area contributed by atoms with Crippen molar-refractivity contribution >= 4 is 46.9 Å². The number of nitrogens with one attached hydrogen (secondary N) is 3. The Labute approximate surface area is 179 Å². The summed E-state index contributed by atoms with van der Waals surface area (Å²) in [4.78, 5) is 25.6. The van der Waals surface area contributed by atoms with Crippen molar-refractivity contribution in [3.05, 3.63) is 53.1 Å². The van der Waals surface area contributed by atoms with Crippen LogP contribution in [0, 0.1) is 0 Å². The zero-order chi connectivity index (χ0) is 21.0. The normalized spacial score (nSPS) is 15.8. The molecule has 1 heterocycles. The van der Waals surface area contributed by atoms with Gasteiger partial charge in [0, 0.05) is 16.3 Å². The summed E-state index contributed by atoms with van der Waals surface area (Å²) in [5, 5.41) is 9.02. The number of para-hydroxylation sites is 1. The van der Waals surface area contributed by atoms with E-state index in [1.807, 2.05) is 45.0 Å². The summed E-state index contributed by atoms with van der Waals surface area (Å²) >= 11 is 7.84. The van der Waals surface area contributed by atoms with E-state index in [9.17, 15) is 9.59 Å². The highest BCUT2D eigenvalue weighted by Crippen LogP contribution is 2.37. The van der Waals surface area contributed by atoms with Crippen LogP contribution in [0.25, 0.3) is 0 Å². The van der Waals surface area contributed by atoms with Crippen LogP contribution in [0.4, 0.5) is 21.0 Å². The van der Waals surface area contributed by atoms with Crippen LogP contribution in [0.5, 0.6) is 0 Å². The van der Waals surface area contributed by atoms with Gasteiger partial charge in [0.15, 0.2) is 0 Å². The number of anilines is 2. The van der Waals surface area contributed by atoms with Gasteiger partial charge < -0.3 is 15.4 Å². The lowest BCUT2D eigenvalue weighted by molar-refractivity contribution is 0.0636. The van der Waals surface area contributed by atoms with Gasteiger partial charge in [0.1, 0.15) is 5.60 Å². The number of rotatable bonds is 3. The largest absolute Gasteiger partial charge is 0.444 e. The Kier molecular flexibility index (Phi) is 6.59. The number of thioether (sulfide) groups is 1. The number of halogens is 1. The molecule has 3 rings (SSSR count). The van der Waals surface area contributed by atoms with Gasteiger partial charge in [-0.1, -0.05) is 23.7 Å². The fourth-order valence-corrected chi connectivity index (χ4v) is 4.21. The molecule has 0 fully saturated rings. The third-order valence-electron chi connectivity index (χ3n) is 4.12. The average molecular weight is 434 g/mol. The van der Waals surface area contributed by atoms with Gasteiger partial charge in [0.25, 0.3) is 0 Å². The van der Waals surface area contributed by atoms with E-state index in [1.54, 1.807) is 30.0 Å². The van der Waals surface area contributed by atoms with Crippen molar-refractivity contribution in [1.29, 1.82) is 0 Å². The van der Waals surface area contributed by atoms with Crippen molar-refractivity contribution in [2.24, 2.45) is 0 Å². The number of amides is 3. The summed E-state index contributed by atoms with van der Waals surface area (Å²) < 4.78 is 5.31. The summed E-state index contributed by atoms with van der Waals surface area (Å²) in [5.41, 5.74) is 1.56. The van der Waals surface area contributed by atoms with Crippen LogP contribution in [0.3, 0.4) is 0 Å². The number of benzene rings is 2. The standard InChI is InChI=1S/C21H24ClN3O3S/c1-21(2,3)28-20(27)23-13-8-9-18-14(12-13)16(10-11-29-18)24-19(26)25-17-7-5-4-6-15(17)22/h4-9,12,16H,10-11H2,1-3H3,(H,23,27)(H2,24,25,26)/t16-/m1/s1. The Bertz CT molecular complexity index is 914. The van der Waals surface area contributed by atoms with E-state index in [0.29, 0.717) is 16.4 Å². The number of carbonyl (C=O) groups excluding carboxylic acids is 2. The third-order valence-corrected chi connectivity index (χ3v) is 5.57. The lowest BCUT2D eigenvalue weighted by atomic mass is 10.0. The maximum Gasteiger partial charge on any atom is 0.412 e. The van der Waals surface area contributed by atoms with Crippen LogP contribution in [0.2, 0.25) is 5.02 Å². The Hall–Kier alpha value is -2.38. The third kappa shape index (κ3) is 6.05. The highest BCUT2D eigenvalue weighted by atomic mass is 35.5. The fraction of sp³-hybridized carbons (Fsp3) is 0.333. The number of hydrogen-bond acceptors (Lipinski definition) is 4. The van der Waals surface area contributed by atoms with Crippen LogP contribution in [-0.2, 0) is 4.74 Å². The monoisotopic (exact) mass is 433 g/mol. The number of urea groups is 1. The lowest BCUT2D eigenvalue weighted by Gasteiger charge is -2.27. The molecule has 154 valence electrons. The van der Waals surface area contributed by atoms with Gasteiger partial charge in [-0.25, -0.2) is 9.59 Å². The second kappa shape index (κ2) is 8.97. The molecule has 29 heavy (non-hydrogen) atoms. The number of carbonyl (C=O) groups is 2. The van der Waals surface area contributed by atoms with E-state index in [4.69, 9.17) is 16.3 Å². The minimum Gasteiger partial charge on any atom is -0.444 e. The maximum atomic E-state index is 12.5. The molecule has 1 atom stereocenters. The number of ether oxygens (including phenoxy) is 1. The Morgan fingerprint density at radius 1 is 1.14 bits per heavy atom.